The molecule has 0 saturated carbocycles. The van der Waals surface area contributed by atoms with Gasteiger partial charge in [0.1, 0.15) is 0 Å². The predicted molar refractivity (Wildman–Crippen MR) is 87.6 cm³/mol. The number of aromatic nitrogens is 2. The average molecular weight is 317 g/mol. The molecule has 0 aliphatic carbocycles. The summed E-state index contributed by atoms with van der Waals surface area (Å²) in [6, 6.07) is 3.93. The van der Waals surface area contributed by atoms with Crippen LogP contribution in [0.25, 0.3) is 10.9 Å². The number of morpholine rings is 1. The van der Waals surface area contributed by atoms with Crippen LogP contribution in [-0.4, -0.2) is 59.5 Å². The number of aryl methyl sites for hydroxylation is 1. The first kappa shape index (κ1) is 16.0. The van der Waals surface area contributed by atoms with E-state index in [-0.39, 0.29) is 12.0 Å². The summed E-state index contributed by atoms with van der Waals surface area (Å²) >= 11 is 0. The number of aromatic amines is 1. The van der Waals surface area contributed by atoms with E-state index < -0.39 is 5.60 Å². The molecule has 1 aliphatic rings. The number of ether oxygens (including phenoxy) is 2. The molecule has 1 aromatic carbocycles. The predicted octanol–water partition coefficient (Wildman–Crippen LogP) is 2.14. The molecular weight excluding hydrogens is 294 g/mol. The molecule has 0 spiro atoms. The Labute approximate surface area is 135 Å². The molecule has 23 heavy (non-hydrogen) atoms. The van der Waals surface area contributed by atoms with E-state index in [1.807, 2.05) is 37.8 Å². The zero-order valence-corrected chi connectivity index (χ0v) is 14.0. The molecule has 1 amide bonds. The third-order valence-corrected chi connectivity index (χ3v) is 4.04. The van der Waals surface area contributed by atoms with Crippen LogP contribution in [0.4, 0.5) is 0 Å². The Morgan fingerprint density at radius 3 is 3.04 bits per heavy atom. The van der Waals surface area contributed by atoms with Crippen molar-refractivity contribution >= 4 is 16.8 Å². The number of nitrogens with zero attached hydrogens (tertiary/aromatic N) is 2. The summed E-state index contributed by atoms with van der Waals surface area (Å²) in [4.78, 5) is 14.9. The van der Waals surface area contributed by atoms with Crippen molar-refractivity contribution in [3.8, 4) is 0 Å². The van der Waals surface area contributed by atoms with Crippen molar-refractivity contribution < 1.29 is 14.3 Å². The smallest absolute Gasteiger partial charge is 0.256 e. The van der Waals surface area contributed by atoms with Gasteiger partial charge in [-0.3, -0.25) is 9.89 Å². The lowest BCUT2D eigenvalue weighted by atomic mass is 10.0. The van der Waals surface area contributed by atoms with E-state index in [1.165, 1.54) is 0 Å². The Morgan fingerprint density at radius 1 is 1.52 bits per heavy atom. The lowest BCUT2D eigenvalue weighted by Crippen LogP contribution is -2.55. The summed E-state index contributed by atoms with van der Waals surface area (Å²) in [7, 11) is 1.64. The largest absolute Gasteiger partial charge is 0.382 e. The van der Waals surface area contributed by atoms with Crippen LogP contribution in [0.5, 0.6) is 0 Å². The van der Waals surface area contributed by atoms with Crippen LogP contribution in [0.1, 0.15) is 29.8 Å². The number of hydrogen-bond donors (Lipinski definition) is 1. The summed E-state index contributed by atoms with van der Waals surface area (Å²) in [5.41, 5.74) is 2.09. The number of carbonyl (C=O) groups excluding carboxylic acids is 1. The van der Waals surface area contributed by atoms with Crippen LogP contribution in [0.2, 0.25) is 0 Å². The van der Waals surface area contributed by atoms with E-state index in [1.54, 1.807) is 13.3 Å². The van der Waals surface area contributed by atoms with Crippen LogP contribution >= 0.6 is 0 Å². The first-order valence-electron chi connectivity index (χ1n) is 7.79. The third-order valence-electron chi connectivity index (χ3n) is 4.04. The van der Waals surface area contributed by atoms with Crippen LogP contribution in [0, 0.1) is 6.92 Å². The second-order valence-electron chi connectivity index (χ2n) is 6.79. The first-order chi connectivity index (χ1) is 10.9. The normalized spacial score (nSPS) is 20.9. The highest BCUT2D eigenvalue weighted by molar-refractivity contribution is 6.05. The minimum Gasteiger partial charge on any atom is -0.382 e. The Morgan fingerprint density at radius 2 is 2.30 bits per heavy atom. The van der Waals surface area contributed by atoms with Crippen molar-refractivity contribution in [2.45, 2.75) is 32.5 Å². The van der Waals surface area contributed by atoms with Crippen molar-refractivity contribution in [1.29, 1.82) is 0 Å². The first-order valence-corrected chi connectivity index (χ1v) is 7.79. The van der Waals surface area contributed by atoms with Crippen LogP contribution in [0.3, 0.4) is 0 Å². The quantitative estimate of drug-likeness (QED) is 0.942. The molecule has 1 fully saturated rings. The van der Waals surface area contributed by atoms with Crippen molar-refractivity contribution in [3.63, 3.8) is 0 Å². The zero-order chi connectivity index (χ0) is 16.6. The summed E-state index contributed by atoms with van der Waals surface area (Å²) in [5.74, 6) is 0.000396. The number of hydrogen-bond acceptors (Lipinski definition) is 4. The topological polar surface area (TPSA) is 67.5 Å². The lowest BCUT2D eigenvalue weighted by Gasteiger charge is -2.42. The van der Waals surface area contributed by atoms with Gasteiger partial charge in [-0.1, -0.05) is 0 Å². The number of H-pyrrole nitrogens is 1. The van der Waals surface area contributed by atoms with E-state index in [0.29, 0.717) is 25.3 Å². The van der Waals surface area contributed by atoms with Crippen LogP contribution in [-0.2, 0) is 9.47 Å². The highest BCUT2D eigenvalue weighted by Gasteiger charge is 2.36. The van der Waals surface area contributed by atoms with E-state index >= 15 is 0 Å². The molecule has 1 aromatic heterocycles. The fourth-order valence-electron chi connectivity index (χ4n) is 3.27. The number of fused-ring (bicyclic) bond motifs is 1. The van der Waals surface area contributed by atoms with Gasteiger partial charge in [0.05, 0.1) is 35.6 Å². The summed E-state index contributed by atoms with van der Waals surface area (Å²) in [6.45, 7) is 7.53. The van der Waals surface area contributed by atoms with Gasteiger partial charge in [0.25, 0.3) is 5.91 Å². The molecule has 1 N–H and O–H groups in total. The Kier molecular flexibility index (Phi) is 4.12. The van der Waals surface area contributed by atoms with Crippen molar-refractivity contribution in [3.05, 3.63) is 29.5 Å². The minimum absolute atomic E-state index is 0.000396. The minimum atomic E-state index is -0.395. The van der Waals surface area contributed by atoms with Gasteiger partial charge in [-0.15, -0.1) is 0 Å². The van der Waals surface area contributed by atoms with Gasteiger partial charge >= 0.3 is 0 Å². The maximum Gasteiger partial charge on any atom is 0.256 e. The van der Waals surface area contributed by atoms with Crippen LogP contribution in [0.15, 0.2) is 18.3 Å². The molecular formula is C17H23N3O3. The Balaban J connectivity index is 1.93. The van der Waals surface area contributed by atoms with Gasteiger partial charge in [0, 0.05) is 25.6 Å². The fraction of sp³-hybridized carbons (Fsp3) is 0.529. The number of carbonyl (C=O) groups is 1. The molecule has 0 bridgehead atoms. The molecule has 2 heterocycles. The van der Waals surface area contributed by atoms with Crippen LogP contribution < -0.4 is 0 Å². The molecule has 0 unspecified atom stereocenters. The summed E-state index contributed by atoms with van der Waals surface area (Å²) < 4.78 is 11.2. The molecule has 0 radical (unpaired) electrons. The number of rotatable bonds is 3. The van der Waals surface area contributed by atoms with Crippen molar-refractivity contribution in [1.82, 2.24) is 15.1 Å². The molecule has 3 rings (SSSR count). The van der Waals surface area contributed by atoms with E-state index in [2.05, 4.69) is 10.2 Å². The Bertz CT molecular complexity index is 723. The molecule has 1 saturated heterocycles. The van der Waals surface area contributed by atoms with Gasteiger partial charge in [0.15, 0.2) is 0 Å². The summed E-state index contributed by atoms with van der Waals surface area (Å²) in [6.07, 6.45) is 1.63. The number of methoxy groups -OCH3 is 1. The molecule has 6 nitrogen and oxygen atoms in total. The third kappa shape index (κ3) is 3.23. The monoisotopic (exact) mass is 317 g/mol. The molecule has 124 valence electrons. The number of amides is 1. The van der Waals surface area contributed by atoms with Crippen molar-refractivity contribution in [2.24, 2.45) is 0 Å². The van der Waals surface area contributed by atoms with E-state index in [9.17, 15) is 4.79 Å². The highest BCUT2D eigenvalue weighted by atomic mass is 16.5. The molecule has 1 aliphatic heterocycles. The SMILES string of the molecule is COC[C@@H]1CN(C(=O)c2cc(C)cc3cn[nH]c23)CC(C)(C)O1. The fourth-order valence-corrected chi connectivity index (χ4v) is 3.27. The standard InChI is InChI=1S/C17H23N3O3/c1-11-5-12-7-18-19-15(12)14(6-11)16(21)20-8-13(9-22-4)23-17(2,3)10-20/h5-7,13H,8-10H2,1-4H3,(H,18,19)/t13-/m0/s1. The molecule has 1 atom stereocenters. The molecule has 2 aromatic rings. The summed E-state index contributed by atoms with van der Waals surface area (Å²) in [5, 5.41) is 7.96. The van der Waals surface area contributed by atoms with Gasteiger partial charge in [-0.25, -0.2) is 0 Å². The van der Waals surface area contributed by atoms with Gasteiger partial charge < -0.3 is 14.4 Å². The molecule has 6 heteroatoms. The highest BCUT2D eigenvalue weighted by Crippen LogP contribution is 2.25. The van der Waals surface area contributed by atoms with Gasteiger partial charge in [-0.2, -0.15) is 5.10 Å². The zero-order valence-electron chi connectivity index (χ0n) is 14.0. The lowest BCUT2D eigenvalue weighted by molar-refractivity contribution is -0.143. The second kappa shape index (κ2) is 5.94. The second-order valence-corrected chi connectivity index (χ2v) is 6.79. The van der Waals surface area contributed by atoms with E-state index in [4.69, 9.17) is 9.47 Å². The van der Waals surface area contributed by atoms with Crippen molar-refractivity contribution in [2.75, 3.05) is 26.8 Å². The van der Waals surface area contributed by atoms with Gasteiger partial charge in [0.2, 0.25) is 0 Å². The number of benzene rings is 1. The number of nitrogens with one attached hydrogen (secondary N) is 1. The maximum absolute atomic E-state index is 13.1. The maximum atomic E-state index is 13.1. The van der Waals surface area contributed by atoms with E-state index in [0.717, 1.165) is 16.5 Å². The Hall–Kier alpha value is -1.92. The van der Waals surface area contributed by atoms with Gasteiger partial charge in [-0.05, 0) is 38.5 Å². The average Bonchev–Trinajstić information content (AvgIpc) is 2.92.